The average Bonchev–Trinajstić information content (AvgIpc) is 3.20. The Labute approximate surface area is 191 Å². The molecule has 9 heteroatoms. The molecule has 0 saturated carbocycles. The number of rotatable bonds is 4. The number of hydrogen-bond acceptors (Lipinski definition) is 5. The normalized spacial score (nSPS) is 13.8. The minimum atomic E-state index is -4.43. The largest absolute Gasteiger partial charge is 0.451 e. The number of amides is 1. The van der Waals surface area contributed by atoms with E-state index in [1.807, 2.05) is 18.2 Å². The summed E-state index contributed by atoms with van der Waals surface area (Å²) in [6, 6.07) is 12.6. The molecule has 168 valence electrons. The van der Waals surface area contributed by atoms with Crippen molar-refractivity contribution in [3.63, 3.8) is 0 Å². The molecule has 2 aromatic carbocycles. The standard InChI is InChI=1S/C24H18F3N3O2S/c25-24(26,27)16-8-9-19-15(13-16)5-3-12-30(19)22(31)21-18(14-33-23-28-10-4-11-29-23)17-6-1-2-7-20(17)32-21/h1-2,4,6-11,13H,3,5,12,14H2. The number of hydrogen-bond donors (Lipinski definition) is 0. The maximum atomic E-state index is 13.6. The second-order valence-electron chi connectivity index (χ2n) is 7.63. The molecule has 5 rings (SSSR count). The highest BCUT2D eigenvalue weighted by Gasteiger charge is 2.34. The summed E-state index contributed by atoms with van der Waals surface area (Å²) in [6.45, 7) is 0.405. The highest BCUT2D eigenvalue weighted by Crippen LogP contribution is 2.37. The van der Waals surface area contributed by atoms with Crippen molar-refractivity contribution in [2.75, 3.05) is 11.4 Å². The molecule has 0 radical (unpaired) electrons. The van der Waals surface area contributed by atoms with Crippen molar-refractivity contribution in [1.82, 2.24) is 9.97 Å². The molecule has 1 amide bonds. The fraction of sp³-hybridized carbons (Fsp3) is 0.208. The molecule has 0 atom stereocenters. The second-order valence-corrected chi connectivity index (χ2v) is 8.57. The van der Waals surface area contributed by atoms with Gasteiger partial charge in [0.1, 0.15) is 5.58 Å². The summed E-state index contributed by atoms with van der Waals surface area (Å²) in [7, 11) is 0. The van der Waals surface area contributed by atoms with Gasteiger partial charge in [0, 0.05) is 41.3 Å². The fourth-order valence-electron chi connectivity index (χ4n) is 4.02. The van der Waals surface area contributed by atoms with Gasteiger partial charge in [0.15, 0.2) is 10.9 Å². The lowest BCUT2D eigenvalue weighted by molar-refractivity contribution is -0.137. The number of anilines is 1. The number of carbonyl (C=O) groups is 1. The molecule has 3 heterocycles. The number of nitrogens with zero attached hydrogens (tertiary/aromatic N) is 3. The van der Waals surface area contributed by atoms with Gasteiger partial charge >= 0.3 is 6.18 Å². The summed E-state index contributed by atoms with van der Waals surface area (Å²) >= 11 is 1.38. The summed E-state index contributed by atoms with van der Waals surface area (Å²) in [6.07, 6.45) is -0.0765. The molecule has 4 aromatic rings. The van der Waals surface area contributed by atoms with E-state index in [0.717, 1.165) is 17.5 Å². The van der Waals surface area contributed by atoms with Crippen molar-refractivity contribution in [3.05, 3.63) is 83.4 Å². The van der Waals surface area contributed by atoms with Gasteiger partial charge < -0.3 is 9.32 Å². The van der Waals surface area contributed by atoms with E-state index in [9.17, 15) is 18.0 Å². The molecule has 1 aliphatic heterocycles. The number of aromatic nitrogens is 2. The first-order valence-corrected chi connectivity index (χ1v) is 11.3. The quantitative estimate of drug-likeness (QED) is 0.266. The zero-order valence-electron chi connectivity index (χ0n) is 17.3. The molecule has 0 fully saturated rings. The molecule has 33 heavy (non-hydrogen) atoms. The minimum Gasteiger partial charge on any atom is -0.451 e. The zero-order chi connectivity index (χ0) is 23.0. The van der Waals surface area contributed by atoms with E-state index >= 15 is 0 Å². The van der Waals surface area contributed by atoms with E-state index in [2.05, 4.69) is 9.97 Å². The lowest BCUT2D eigenvalue weighted by Crippen LogP contribution is -2.35. The van der Waals surface area contributed by atoms with Gasteiger partial charge in [-0.25, -0.2) is 9.97 Å². The number of fused-ring (bicyclic) bond motifs is 2. The Morgan fingerprint density at radius 2 is 1.88 bits per heavy atom. The number of carbonyl (C=O) groups excluding carboxylic acids is 1. The van der Waals surface area contributed by atoms with Gasteiger partial charge in [0.25, 0.3) is 5.91 Å². The second kappa shape index (κ2) is 8.55. The number of alkyl halides is 3. The average molecular weight is 469 g/mol. The van der Waals surface area contributed by atoms with Crippen LogP contribution in [0.3, 0.4) is 0 Å². The number of halogens is 3. The van der Waals surface area contributed by atoms with Crippen LogP contribution >= 0.6 is 11.8 Å². The molecular weight excluding hydrogens is 451 g/mol. The van der Waals surface area contributed by atoms with Gasteiger partial charge in [-0.1, -0.05) is 30.0 Å². The zero-order valence-corrected chi connectivity index (χ0v) is 18.1. The molecule has 5 nitrogen and oxygen atoms in total. The third-order valence-electron chi connectivity index (χ3n) is 5.55. The van der Waals surface area contributed by atoms with Crippen molar-refractivity contribution in [3.8, 4) is 0 Å². The monoisotopic (exact) mass is 469 g/mol. The van der Waals surface area contributed by atoms with Crippen LogP contribution in [-0.4, -0.2) is 22.4 Å². The lowest BCUT2D eigenvalue weighted by Gasteiger charge is -2.29. The van der Waals surface area contributed by atoms with Gasteiger partial charge in [-0.05, 0) is 48.7 Å². The highest BCUT2D eigenvalue weighted by atomic mass is 32.2. The van der Waals surface area contributed by atoms with Crippen LogP contribution in [0.25, 0.3) is 11.0 Å². The van der Waals surface area contributed by atoms with Gasteiger partial charge in [0.05, 0.1) is 5.56 Å². The van der Waals surface area contributed by atoms with Crippen LogP contribution in [-0.2, 0) is 18.3 Å². The predicted molar refractivity (Wildman–Crippen MR) is 119 cm³/mol. The third kappa shape index (κ3) is 4.20. The maximum Gasteiger partial charge on any atom is 0.416 e. The third-order valence-corrected chi connectivity index (χ3v) is 6.45. The van der Waals surface area contributed by atoms with E-state index in [1.54, 1.807) is 24.5 Å². The Morgan fingerprint density at radius 1 is 1.09 bits per heavy atom. The maximum absolute atomic E-state index is 13.6. The number of para-hydroxylation sites is 1. The molecular formula is C24H18F3N3O2S. The van der Waals surface area contributed by atoms with Crippen LogP contribution in [0.5, 0.6) is 0 Å². The van der Waals surface area contributed by atoms with E-state index in [1.165, 1.54) is 22.7 Å². The smallest absolute Gasteiger partial charge is 0.416 e. The Balaban J connectivity index is 1.52. The Kier molecular flexibility index (Phi) is 5.57. The summed E-state index contributed by atoms with van der Waals surface area (Å²) in [5, 5.41) is 1.39. The summed E-state index contributed by atoms with van der Waals surface area (Å²) in [5.41, 5.74) is 1.58. The van der Waals surface area contributed by atoms with Gasteiger partial charge in [0.2, 0.25) is 0 Å². The van der Waals surface area contributed by atoms with Gasteiger partial charge in [-0.2, -0.15) is 13.2 Å². The Morgan fingerprint density at radius 3 is 2.67 bits per heavy atom. The highest BCUT2D eigenvalue weighted by molar-refractivity contribution is 7.98. The van der Waals surface area contributed by atoms with Crippen molar-refractivity contribution < 1.29 is 22.4 Å². The molecule has 0 aliphatic carbocycles. The van der Waals surface area contributed by atoms with Crippen molar-refractivity contribution in [2.24, 2.45) is 0 Å². The van der Waals surface area contributed by atoms with Crippen LogP contribution in [0.4, 0.5) is 18.9 Å². The summed E-state index contributed by atoms with van der Waals surface area (Å²) < 4.78 is 45.5. The first-order chi connectivity index (χ1) is 15.9. The molecule has 0 unspecified atom stereocenters. The van der Waals surface area contributed by atoms with E-state index in [4.69, 9.17) is 4.42 Å². The van der Waals surface area contributed by atoms with Crippen molar-refractivity contribution >= 4 is 34.3 Å². The van der Waals surface area contributed by atoms with Crippen LogP contribution in [0.2, 0.25) is 0 Å². The fourth-order valence-corrected chi connectivity index (χ4v) is 4.85. The summed E-state index contributed by atoms with van der Waals surface area (Å²) in [4.78, 5) is 23.6. The van der Waals surface area contributed by atoms with Crippen LogP contribution in [0.1, 0.15) is 33.7 Å². The molecule has 0 bridgehead atoms. The number of benzene rings is 2. The Hall–Kier alpha value is -3.33. The first kappa shape index (κ1) is 21.5. The topological polar surface area (TPSA) is 59.2 Å². The van der Waals surface area contributed by atoms with Gasteiger partial charge in [-0.3, -0.25) is 4.79 Å². The van der Waals surface area contributed by atoms with E-state index in [0.29, 0.717) is 52.7 Å². The first-order valence-electron chi connectivity index (χ1n) is 10.3. The number of aryl methyl sites for hydroxylation is 1. The molecule has 0 N–H and O–H groups in total. The van der Waals surface area contributed by atoms with E-state index < -0.39 is 11.7 Å². The van der Waals surface area contributed by atoms with E-state index in [-0.39, 0.29) is 11.7 Å². The van der Waals surface area contributed by atoms with Crippen LogP contribution in [0, 0.1) is 0 Å². The number of thioether (sulfide) groups is 1. The molecule has 2 aromatic heterocycles. The molecule has 0 spiro atoms. The minimum absolute atomic E-state index is 0.187. The van der Waals surface area contributed by atoms with Gasteiger partial charge in [-0.15, -0.1) is 0 Å². The SMILES string of the molecule is O=C(c1oc2ccccc2c1CSc1ncccn1)N1CCCc2cc(C(F)(F)F)ccc21. The number of furan rings is 1. The Bertz CT molecular complexity index is 1320. The summed E-state index contributed by atoms with van der Waals surface area (Å²) in [5.74, 6) is 0.236. The van der Waals surface area contributed by atoms with Crippen molar-refractivity contribution in [1.29, 1.82) is 0 Å². The predicted octanol–water partition coefficient (Wildman–Crippen LogP) is 6.13. The molecule has 1 aliphatic rings. The van der Waals surface area contributed by atoms with Crippen LogP contribution in [0.15, 0.2) is 70.5 Å². The van der Waals surface area contributed by atoms with Crippen molar-refractivity contribution in [2.45, 2.75) is 29.9 Å². The molecule has 0 saturated heterocycles. The lowest BCUT2D eigenvalue weighted by atomic mass is 9.98. The van der Waals surface area contributed by atoms with Crippen LogP contribution < -0.4 is 4.90 Å².